The number of hydrogen-bond donors (Lipinski definition) is 0. The second-order valence-electron chi connectivity index (χ2n) is 3.47. The smallest absolute Gasteiger partial charge is 0.288 e. The van der Waals surface area contributed by atoms with E-state index in [4.69, 9.17) is 0 Å². The summed E-state index contributed by atoms with van der Waals surface area (Å²) in [5.74, 6) is -2.27. The number of ketones is 1. The van der Waals surface area contributed by atoms with E-state index in [9.17, 15) is 22.4 Å². The molecule has 0 aliphatic heterocycles. The molecule has 1 aromatic carbocycles. The number of hydrogen-bond acceptors (Lipinski definition) is 2. The van der Waals surface area contributed by atoms with Crippen molar-refractivity contribution in [2.24, 2.45) is 0 Å². The van der Waals surface area contributed by atoms with Crippen LogP contribution in [0.3, 0.4) is 0 Å². The highest BCUT2D eigenvalue weighted by atomic mass is 32.1. The van der Waals surface area contributed by atoms with Gasteiger partial charge in [0.25, 0.3) is 0 Å². The average Bonchev–Trinajstić information content (AvgIpc) is 2.80. The third-order valence-corrected chi connectivity index (χ3v) is 3.16. The maximum atomic E-state index is 13.7. The normalized spacial score (nSPS) is 11.6. The molecule has 1 aromatic heterocycles. The van der Waals surface area contributed by atoms with Gasteiger partial charge in [-0.15, -0.1) is 11.3 Å². The van der Waals surface area contributed by atoms with E-state index in [-0.39, 0.29) is 4.88 Å². The standard InChI is InChI=1S/C12H6F4OS/c13-10-7(11(17)9-5-2-6-18-9)3-1-4-8(10)12(14,15)16/h1-6H. The van der Waals surface area contributed by atoms with Gasteiger partial charge in [-0.3, -0.25) is 4.79 Å². The van der Waals surface area contributed by atoms with Gasteiger partial charge in [-0.25, -0.2) is 4.39 Å². The molecule has 94 valence electrons. The van der Waals surface area contributed by atoms with Gasteiger partial charge in [0.1, 0.15) is 5.82 Å². The first-order valence-corrected chi connectivity index (χ1v) is 5.73. The van der Waals surface area contributed by atoms with Crippen molar-refractivity contribution in [3.63, 3.8) is 0 Å². The molecule has 0 fully saturated rings. The molecule has 0 aliphatic rings. The van der Waals surface area contributed by atoms with Gasteiger partial charge < -0.3 is 0 Å². The summed E-state index contributed by atoms with van der Waals surface area (Å²) < 4.78 is 51.1. The van der Waals surface area contributed by atoms with Crippen LogP contribution in [0, 0.1) is 5.82 Å². The molecule has 2 rings (SSSR count). The van der Waals surface area contributed by atoms with Crippen LogP contribution in [0.15, 0.2) is 35.7 Å². The molecule has 0 radical (unpaired) electrons. The van der Waals surface area contributed by atoms with E-state index in [1.54, 1.807) is 11.4 Å². The molecular weight excluding hydrogens is 268 g/mol. The zero-order chi connectivity index (χ0) is 13.3. The second-order valence-corrected chi connectivity index (χ2v) is 4.42. The van der Waals surface area contributed by atoms with Crippen molar-refractivity contribution < 1.29 is 22.4 Å². The maximum Gasteiger partial charge on any atom is 0.419 e. The number of carbonyl (C=O) groups is 1. The van der Waals surface area contributed by atoms with Crippen molar-refractivity contribution in [3.8, 4) is 0 Å². The van der Waals surface area contributed by atoms with Gasteiger partial charge >= 0.3 is 6.18 Å². The van der Waals surface area contributed by atoms with Crippen molar-refractivity contribution in [1.82, 2.24) is 0 Å². The Labute approximate surface area is 104 Å². The first kappa shape index (κ1) is 12.8. The number of benzene rings is 1. The zero-order valence-corrected chi connectivity index (χ0v) is 9.61. The molecule has 0 aliphatic carbocycles. The highest BCUT2D eigenvalue weighted by Crippen LogP contribution is 2.33. The highest BCUT2D eigenvalue weighted by Gasteiger charge is 2.35. The Morgan fingerprint density at radius 2 is 1.83 bits per heavy atom. The molecule has 18 heavy (non-hydrogen) atoms. The number of carbonyl (C=O) groups excluding carboxylic acids is 1. The Balaban J connectivity index is 2.50. The van der Waals surface area contributed by atoms with Gasteiger partial charge in [0.05, 0.1) is 16.0 Å². The fourth-order valence-electron chi connectivity index (χ4n) is 1.47. The minimum atomic E-state index is -4.81. The van der Waals surface area contributed by atoms with Gasteiger partial charge in [0.15, 0.2) is 0 Å². The van der Waals surface area contributed by atoms with Gasteiger partial charge in [-0.1, -0.05) is 12.1 Å². The Bertz CT molecular complexity index is 572. The van der Waals surface area contributed by atoms with E-state index in [0.29, 0.717) is 6.07 Å². The largest absolute Gasteiger partial charge is 0.419 e. The third-order valence-electron chi connectivity index (χ3n) is 2.29. The highest BCUT2D eigenvalue weighted by molar-refractivity contribution is 7.12. The van der Waals surface area contributed by atoms with Crippen molar-refractivity contribution in [2.45, 2.75) is 6.18 Å². The second kappa shape index (κ2) is 4.53. The Morgan fingerprint density at radius 1 is 1.11 bits per heavy atom. The molecule has 0 amide bonds. The summed E-state index contributed by atoms with van der Waals surface area (Å²) in [6, 6.07) is 5.69. The van der Waals surface area contributed by atoms with E-state index in [1.807, 2.05) is 0 Å². The van der Waals surface area contributed by atoms with Crippen molar-refractivity contribution >= 4 is 17.1 Å². The summed E-state index contributed by atoms with van der Waals surface area (Å²) in [5.41, 5.74) is -1.99. The maximum absolute atomic E-state index is 13.7. The molecule has 0 atom stereocenters. The molecule has 0 spiro atoms. The van der Waals surface area contributed by atoms with Crippen molar-refractivity contribution in [1.29, 1.82) is 0 Å². The van der Waals surface area contributed by atoms with Gasteiger partial charge in [0, 0.05) is 0 Å². The minimum Gasteiger partial charge on any atom is -0.288 e. The van der Waals surface area contributed by atoms with E-state index in [0.717, 1.165) is 23.5 Å². The summed E-state index contributed by atoms with van der Waals surface area (Å²) in [6.07, 6.45) is -4.81. The number of halogens is 4. The Morgan fingerprint density at radius 3 is 2.39 bits per heavy atom. The number of alkyl halides is 3. The average molecular weight is 274 g/mol. The third kappa shape index (κ3) is 2.28. The molecule has 0 unspecified atom stereocenters. The number of rotatable bonds is 2. The van der Waals surface area contributed by atoms with Gasteiger partial charge in [-0.2, -0.15) is 13.2 Å². The summed E-state index contributed by atoms with van der Waals surface area (Å²) in [7, 11) is 0. The monoisotopic (exact) mass is 274 g/mol. The van der Waals surface area contributed by atoms with Crippen LogP contribution >= 0.6 is 11.3 Å². The summed E-state index contributed by atoms with van der Waals surface area (Å²) >= 11 is 1.05. The molecule has 0 saturated carbocycles. The van der Waals surface area contributed by atoms with E-state index < -0.39 is 28.9 Å². The Hall–Kier alpha value is -1.69. The quantitative estimate of drug-likeness (QED) is 0.594. The van der Waals surface area contributed by atoms with E-state index >= 15 is 0 Å². The molecule has 0 N–H and O–H groups in total. The van der Waals surface area contributed by atoms with Crippen molar-refractivity contribution in [2.75, 3.05) is 0 Å². The molecule has 2 aromatic rings. The van der Waals surface area contributed by atoms with Crippen LogP contribution < -0.4 is 0 Å². The molecular formula is C12H6F4OS. The van der Waals surface area contributed by atoms with E-state index in [1.165, 1.54) is 6.07 Å². The molecule has 6 heteroatoms. The van der Waals surface area contributed by atoms with Crippen LogP contribution in [0.1, 0.15) is 20.8 Å². The summed E-state index contributed by atoms with van der Waals surface area (Å²) in [5, 5.41) is 1.60. The summed E-state index contributed by atoms with van der Waals surface area (Å²) in [4.78, 5) is 12.0. The van der Waals surface area contributed by atoms with Crippen LogP contribution in [0.25, 0.3) is 0 Å². The van der Waals surface area contributed by atoms with Crippen LogP contribution in [0.4, 0.5) is 17.6 Å². The molecule has 0 bridgehead atoms. The molecule has 1 heterocycles. The van der Waals surface area contributed by atoms with Gasteiger partial charge in [-0.05, 0) is 23.6 Å². The van der Waals surface area contributed by atoms with E-state index in [2.05, 4.69) is 0 Å². The first-order chi connectivity index (χ1) is 8.41. The predicted octanol–water partition coefficient (Wildman–Crippen LogP) is 4.14. The lowest BCUT2D eigenvalue weighted by molar-refractivity contribution is -0.140. The fourth-order valence-corrected chi connectivity index (χ4v) is 2.14. The van der Waals surface area contributed by atoms with Crippen LogP contribution in [-0.2, 0) is 6.18 Å². The van der Waals surface area contributed by atoms with Gasteiger partial charge in [0.2, 0.25) is 5.78 Å². The SMILES string of the molecule is O=C(c1cccs1)c1cccc(C(F)(F)F)c1F. The fraction of sp³-hybridized carbons (Fsp3) is 0.0833. The zero-order valence-electron chi connectivity index (χ0n) is 8.79. The van der Waals surface area contributed by atoms with Crippen molar-refractivity contribution in [3.05, 3.63) is 57.5 Å². The summed E-state index contributed by atoms with van der Waals surface area (Å²) in [6.45, 7) is 0. The van der Waals surface area contributed by atoms with Crippen LogP contribution in [-0.4, -0.2) is 5.78 Å². The lowest BCUT2D eigenvalue weighted by atomic mass is 10.0. The Kier molecular flexibility index (Phi) is 3.21. The molecule has 1 nitrogen and oxygen atoms in total. The lowest BCUT2D eigenvalue weighted by Crippen LogP contribution is -2.12. The first-order valence-electron chi connectivity index (χ1n) is 4.85. The lowest BCUT2D eigenvalue weighted by Gasteiger charge is -2.09. The molecule has 0 saturated heterocycles. The van der Waals surface area contributed by atoms with Crippen LogP contribution in [0.2, 0.25) is 0 Å². The minimum absolute atomic E-state index is 0.202. The topological polar surface area (TPSA) is 17.1 Å². The number of thiophene rings is 1. The van der Waals surface area contributed by atoms with Crippen LogP contribution in [0.5, 0.6) is 0 Å². The predicted molar refractivity (Wildman–Crippen MR) is 59.2 cm³/mol.